The van der Waals surface area contributed by atoms with E-state index in [4.69, 9.17) is 5.11 Å². The Balaban J connectivity index is 2.79. The first kappa shape index (κ1) is 18.0. The molecule has 1 saturated carbocycles. The fourth-order valence-electron chi connectivity index (χ4n) is 2.01. The summed E-state index contributed by atoms with van der Waals surface area (Å²) in [5.41, 5.74) is 0. The SMILES string of the molecule is O=C(O)C1(C(F)(F)F)OC2(F)C(F)(F)C(F)(F)C(F)(F)C2(F)O1. The van der Waals surface area contributed by atoms with E-state index in [0.29, 0.717) is 0 Å². The van der Waals surface area contributed by atoms with Gasteiger partial charge in [-0.05, 0) is 0 Å². The van der Waals surface area contributed by atoms with Gasteiger partial charge in [-0.15, -0.1) is 0 Å². The van der Waals surface area contributed by atoms with Gasteiger partial charge in [-0.25, -0.2) is 4.79 Å². The topological polar surface area (TPSA) is 55.8 Å². The van der Waals surface area contributed by atoms with Crippen LogP contribution in [0.4, 0.5) is 48.3 Å². The van der Waals surface area contributed by atoms with E-state index in [-0.39, 0.29) is 0 Å². The Labute approximate surface area is 116 Å². The molecule has 0 spiro atoms. The Morgan fingerprint density at radius 3 is 1.26 bits per heavy atom. The Morgan fingerprint density at radius 2 is 1.04 bits per heavy atom. The fourth-order valence-corrected chi connectivity index (χ4v) is 2.01. The van der Waals surface area contributed by atoms with Gasteiger partial charge in [-0.1, -0.05) is 0 Å². The molecule has 0 radical (unpaired) electrons. The summed E-state index contributed by atoms with van der Waals surface area (Å²) in [7, 11) is 0. The maximum Gasteiger partial charge on any atom is 0.455 e. The zero-order valence-corrected chi connectivity index (χ0v) is 9.83. The van der Waals surface area contributed by atoms with Gasteiger partial charge in [0, 0.05) is 0 Å². The summed E-state index contributed by atoms with van der Waals surface area (Å²) in [6.45, 7) is 0. The van der Waals surface area contributed by atoms with E-state index >= 15 is 0 Å². The van der Waals surface area contributed by atoms with Crippen LogP contribution in [0.25, 0.3) is 0 Å². The number of carboxylic acid groups (broad SMARTS) is 1. The number of rotatable bonds is 1. The molecule has 0 aromatic heterocycles. The van der Waals surface area contributed by atoms with Crippen LogP contribution in [0.3, 0.4) is 0 Å². The van der Waals surface area contributed by atoms with Crippen molar-refractivity contribution in [2.45, 2.75) is 41.4 Å². The minimum atomic E-state index is -6.90. The summed E-state index contributed by atoms with van der Waals surface area (Å²) in [6, 6.07) is 0. The predicted octanol–water partition coefficient (Wildman–Crippen LogP) is 2.63. The molecule has 2 aliphatic rings. The fraction of sp³-hybridized carbons (Fsp3) is 0.875. The van der Waals surface area contributed by atoms with E-state index in [0.717, 1.165) is 0 Å². The maximum atomic E-state index is 13.8. The van der Waals surface area contributed by atoms with Crippen LogP contribution in [-0.2, 0) is 14.3 Å². The number of carbonyl (C=O) groups is 1. The lowest BCUT2D eigenvalue weighted by atomic mass is 10.1. The molecule has 2 atom stereocenters. The first-order valence-electron chi connectivity index (χ1n) is 5.07. The lowest BCUT2D eigenvalue weighted by Gasteiger charge is -2.31. The second kappa shape index (κ2) is 3.81. The molecule has 1 N–H and O–H groups in total. The molecular formula is C8HF11O4. The average Bonchev–Trinajstić information content (AvgIpc) is 2.63. The highest BCUT2D eigenvalue weighted by atomic mass is 19.4. The smallest absolute Gasteiger partial charge is 0.455 e. The molecule has 23 heavy (non-hydrogen) atoms. The first-order valence-corrected chi connectivity index (χ1v) is 5.07. The van der Waals surface area contributed by atoms with Crippen molar-refractivity contribution in [1.29, 1.82) is 0 Å². The molecule has 0 aromatic rings. The molecule has 1 aliphatic carbocycles. The summed E-state index contributed by atoms with van der Waals surface area (Å²) < 4.78 is 149. The van der Waals surface area contributed by atoms with Gasteiger partial charge in [0.1, 0.15) is 0 Å². The summed E-state index contributed by atoms with van der Waals surface area (Å²) in [5.74, 6) is -42.8. The number of hydrogen-bond donors (Lipinski definition) is 1. The number of fused-ring (bicyclic) bond motifs is 1. The van der Waals surface area contributed by atoms with E-state index in [1.807, 2.05) is 0 Å². The summed E-state index contributed by atoms with van der Waals surface area (Å²) in [4.78, 5) is 10.5. The molecule has 0 amide bonds. The van der Waals surface area contributed by atoms with Gasteiger partial charge in [-0.2, -0.15) is 48.3 Å². The lowest BCUT2D eigenvalue weighted by molar-refractivity contribution is -0.405. The molecule has 1 heterocycles. The van der Waals surface area contributed by atoms with Crippen molar-refractivity contribution in [2.24, 2.45) is 0 Å². The molecule has 0 bridgehead atoms. The van der Waals surface area contributed by atoms with E-state index in [9.17, 15) is 53.1 Å². The third kappa shape index (κ3) is 1.43. The number of ether oxygens (including phenoxy) is 2. The number of carboxylic acids is 1. The van der Waals surface area contributed by atoms with Crippen molar-refractivity contribution in [3.8, 4) is 0 Å². The second-order valence-corrected chi connectivity index (χ2v) is 4.54. The normalized spacial score (nSPS) is 44.1. The minimum absolute atomic E-state index is 2.58. The van der Waals surface area contributed by atoms with E-state index < -0.39 is 47.4 Å². The van der Waals surface area contributed by atoms with Gasteiger partial charge in [0.2, 0.25) is 0 Å². The van der Waals surface area contributed by atoms with E-state index in [2.05, 4.69) is 9.47 Å². The van der Waals surface area contributed by atoms with Crippen LogP contribution in [-0.4, -0.2) is 52.5 Å². The molecule has 2 rings (SSSR count). The van der Waals surface area contributed by atoms with Crippen molar-refractivity contribution in [3.63, 3.8) is 0 Å². The Morgan fingerprint density at radius 1 is 0.739 bits per heavy atom. The highest BCUT2D eigenvalue weighted by Crippen LogP contribution is 2.74. The van der Waals surface area contributed by atoms with Crippen LogP contribution in [0.15, 0.2) is 0 Å². The van der Waals surface area contributed by atoms with Gasteiger partial charge in [0.25, 0.3) is 0 Å². The zero-order valence-electron chi connectivity index (χ0n) is 9.83. The van der Waals surface area contributed by atoms with Crippen LogP contribution in [0.1, 0.15) is 0 Å². The van der Waals surface area contributed by atoms with Gasteiger partial charge < -0.3 is 5.11 Å². The molecule has 4 nitrogen and oxygen atoms in total. The quantitative estimate of drug-likeness (QED) is 0.722. The van der Waals surface area contributed by atoms with Crippen LogP contribution in [0.5, 0.6) is 0 Å². The van der Waals surface area contributed by atoms with Crippen molar-refractivity contribution >= 4 is 5.97 Å². The molecule has 2 fully saturated rings. The highest BCUT2D eigenvalue weighted by Gasteiger charge is 3.06. The number of aliphatic carboxylic acids is 1. The average molecular weight is 370 g/mol. The minimum Gasteiger partial charge on any atom is -0.477 e. The molecular weight excluding hydrogens is 369 g/mol. The lowest BCUT2D eigenvalue weighted by Crippen LogP contribution is -2.61. The summed E-state index contributed by atoms with van der Waals surface area (Å²) in [6.07, 6.45) is -6.58. The third-order valence-corrected chi connectivity index (χ3v) is 3.23. The van der Waals surface area contributed by atoms with Crippen LogP contribution in [0, 0.1) is 0 Å². The Kier molecular flexibility index (Phi) is 2.98. The standard InChI is InChI=1S/C8HF11O4/c9-3(10)4(11,12)6(15)7(16,5(3,13)14)23-2(22-6,1(20)21)8(17,18)19/h(H,20,21). The highest BCUT2D eigenvalue weighted by molar-refractivity contribution is 5.77. The largest absolute Gasteiger partial charge is 0.477 e. The summed E-state index contributed by atoms with van der Waals surface area (Å²) in [5, 5.41) is 8.27. The van der Waals surface area contributed by atoms with Gasteiger partial charge in [-0.3, -0.25) is 9.47 Å². The van der Waals surface area contributed by atoms with Gasteiger partial charge >= 0.3 is 47.4 Å². The third-order valence-electron chi connectivity index (χ3n) is 3.23. The van der Waals surface area contributed by atoms with Gasteiger partial charge in [0.05, 0.1) is 0 Å². The predicted molar refractivity (Wildman–Crippen MR) is 41.1 cm³/mol. The Bertz CT molecular complexity index is 539. The molecule has 15 heteroatoms. The summed E-state index contributed by atoms with van der Waals surface area (Å²) >= 11 is 0. The number of hydrogen-bond acceptors (Lipinski definition) is 3. The molecule has 2 unspecified atom stereocenters. The zero-order chi connectivity index (χ0) is 18.5. The number of halogens is 11. The van der Waals surface area contributed by atoms with Gasteiger partial charge in [0.15, 0.2) is 0 Å². The molecule has 1 aliphatic heterocycles. The monoisotopic (exact) mass is 370 g/mol. The number of alkyl halides is 11. The van der Waals surface area contributed by atoms with Crippen molar-refractivity contribution in [3.05, 3.63) is 0 Å². The van der Waals surface area contributed by atoms with E-state index in [1.165, 1.54) is 0 Å². The van der Waals surface area contributed by atoms with Crippen molar-refractivity contribution in [1.82, 2.24) is 0 Å². The maximum absolute atomic E-state index is 13.8. The first-order chi connectivity index (χ1) is 9.86. The van der Waals surface area contributed by atoms with Crippen LogP contribution in [0.2, 0.25) is 0 Å². The molecule has 134 valence electrons. The van der Waals surface area contributed by atoms with Crippen molar-refractivity contribution in [2.75, 3.05) is 0 Å². The van der Waals surface area contributed by atoms with Crippen LogP contribution >= 0.6 is 0 Å². The van der Waals surface area contributed by atoms with E-state index in [1.54, 1.807) is 0 Å². The van der Waals surface area contributed by atoms with Crippen LogP contribution < -0.4 is 0 Å². The second-order valence-electron chi connectivity index (χ2n) is 4.54. The molecule has 0 aromatic carbocycles. The van der Waals surface area contributed by atoms with Crippen molar-refractivity contribution < 1.29 is 67.7 Å². The Hall–Kier alpha value is -1.38. The molecule has 1 saturated heterocycles.